The van der Waals surface area contributed by atoms with Gasteiger partial charge in [-0.3, -0.25) is 4.98 Å². The monoisotopic (exact) mass is 306 g/mol. The molecule has 4 nitrogen and oxygen atoms in total. The van der Waals surface area contributed by atoms with Crippen LogP contribution in [0.2, 0.25) is 0 Å². The van der Waals surface area contributed by atoms with Gasteiger partial charge in [0.1, 0.15) is 5.75 Å². The summed E-state index contributed by atoms with van der Waals surface area (Å²) in [5.41, 5.74) is 6.72. The first-order chi connectivity index (χ1) is 8.68. The van der Waals surface area contributed by atoms with Gasteiger partial charge in [0.2, 0.25) is 0 Å². The van der Waals surface area contributed by atoms with E-state index < -0.39 is 10.9 Å². The van der Waals surface area contributed by atoms with Gasteiger partial charge in [-0.1, -0.05) is 34.1 Å². The fourth-order valence-electron chi connectivity index (χ4n) is 1.47. The molecule has 5 heteroatoms. The zero-order valence-electron chi connectivity index (χ0n) is 9.42. The Labute approximate surface area is 113 Å². The zero-order chi connectivity index (χ0) is 13.0. The third-order valence-electron chi connectivity index (χ3n) is 2.33. The molecule has 0 fully saturated rings. The summed E-state index contributed by atoms with van der Waals surface area (Å²) in [5, 5.41) is 0. The molecule has 18 heavy (non-hydrogen) atoms. The fraction of sp³-hybridized carbons (Fsp3) is 0.0769. The predicted molar refractivity (Wildman–Crippen MR) is 71.5 cm³/mol. The number of para-hydroxylation sites is 1. The van der Waals surface area contributed by atoms with Crippen LogP contribution < -0.4 is 10.5 Å². The Morgan fingerprint density at radius 1 is 1.28 bits per heavy atom. The SMILES string of the molecule is NC(Br)c1ccncc1C(=O)Oc1ccccc1. The van der Waals surface area contributed by atoms with Crippen LogP contribution in [0, 0.1) is 0 Å². The van der Waals surface area contributed by atoms with Crippen molar-refractivity contribution in [3.05, 3.63) is 59.9 Å². The third-order valence-corrected chi connectivity index (χ3v) is 2.82. The smallest absolute Gasteiger partial charge is 0.345 e. The van der Waals surface area contributed by atoms with Gasteiger partial charge in [0.15, 0.2) is 0 Å². The average molecular weight is 307 g/mol. The van der Waals surface area contributed by atoms with E-state index in [0.717, 1.165) is 0 Å². The van der Waals surface area contributed by atoms with Crippen LogP contribution in [0.1, 0.15) is 20.9 Å². The summed E-state index contributed by atoms with van der Waals surface area (Å²) < 4.78 is 5.24. The van der Waals surface area contributed by atoms with Crippen LogP contribution in [0.25, 0.3) is 0 Å². The van der Waals surface area contributed by atoms with E-state index in [2.05, 4.69) is 20.9 Å². The van der Waals surface area contributed by atoms with Crippen LogP contribution in [0.15, 0.2) is 48.8 Å². The van der Waals surface area contributed by atoms with Gasteiger partial charge in [-0.05, 0) is 23.8 Å². The maximum absolute atomic E-state index is 12.0. The minimum atomic E-state index is -0.473. The van der Waals surface area contributed by atoms with Gasteiger partial charge in [0.05, 0.1) is 10.5 Å². The lowest BCUT2D eigenvalue weighted by Gasteiger charge is -2.10. The minimum Gasteiger partial charge on any atom is -0.423 e. The van der Waals surface area contributed by atoms with Crippen molar-refractivity contribution < 1.29 is 9.53 Å². The second-order valence-corrected chi connectivity index (χ2v) is 4.55. The Morgan fingerprint density at radius 2 is 2.00 bits per heavy atom. The lowest BCUT2D eigenvalue weighted by atomic mass is 10.1. The number of esters is 1. The van der Waals surface area contributed by atoms with E-state index in [4.69, 9.17) is 10.5 Å². The summed E-state index contributed by atoms with van der Waals surface area (Å²) in [6.07, 6.45) is 3.03. The Kier molecular flexibility index (Phi) is 4.07. The molecule has 2 rings (SSSR count). The second-order valence-electron chi connectivity index (χ2n) is 3.57. The van der Waals surface area contributed by atoms with Crippen molar-refractivity contribution in [2.75, 3.05) is 0 Å². The number of benzene rings is 1. The van der Waals surface area contributed by atoms with E-state index in [9.17, 15) is 4.79 Å². The fourth-order valence-corrected chi connectivity index (χ4v) is 1.87. The first-order valence-corrected chi connectivity index (χ1v) is 6.21. The van der Waals surface area contributed by atoms with Crippen LogP contribution in [0.3, 0.4) is 0 Å². The van der Waals surface area contributed by atoms with Crippen LogP contribution in [-0.2, 0) is 0 Å². The van der Waals surface area contributed by atoms with Gasteiger partial charge in [-0.15, -0.1) is 0 Å². The summed E-state index contributed by atoms with van der Waals surface area (Å²) >= 11 is 3.23. The minimum absolute atomic E-state index is 0.353. The quantitative estimate of drug-likeness (QED) is 0.410. The van der Waals surface area contributed by atoms with Gasteiger partial charge in [-0.25, -0.2) is 4.79 Å². The van der Waals surface area contributed by atoms with E-state index in [1.54, 1.807) is 36.5 Å². The Hall–Kier alpha value is -1.72. The standard InChI is InChI=1S/C13H11BrN2O2/c14-12(15)10-6-7-16-8-11(10)13(17)18-9-4-2-1-3-5-9/h1-8,12H,15H2. The molecule has 0 spiro atoms. The van der Waals surface area contributed by atoms with Gasteiger partial charge >= 0.3 is 5.97 Å². The van der Waals surface area contributed by atoms with Crippen molar-refractivity contribution >= 4 is 21.9 Å². The number of alkyl halides is 1. The van der Waals surface area contributed by atoms with Gasteiger partial charge in [0.25, 0.3) is 0 Å². The number of rotatable bonds is 3. The van der Waals surface area contributed by atoms with E-state index in [1.165, 1.54) is 6.20 Å². The molecule has 0 aliphatic carbocycles. The molecule has 0 radical (unpaired) electrons. The van der Waals surface area contributed by atoms with Crippen molar-refractivity contribution in [1.29, 1.82) is 0 Å². The van der Waals surface area contributed by atoms with E-state index in [0.29, 0.717) is 16.9 Å². The third kappa shape index (κ3) is 2.94. The number of hydrogen-bond donors (Lipinski definition) is 1. The highest BCUT2D eigenvalue weighted by atomic mass is 79.9. The highest BCUT2D eigenvalue weighted by molar-refractivity contribution is 9.09. The molecule has 1 aromatic carbocycles. The normalized spacial score (nSPS) is 11.9. The van der Waals surface area contributed by atoms with Crippen molar-refractivity contribution in [3.8, 4) is 5.75 Å². The molecule has 0 aliphatic rings. The van der Waals surface area contributed by atoms with Crippen LogP contribution in [0.4, 0.5) is 0 Å². The number of nitrogens with zero attached hydrogens (tertiary/aromatic N) is 1. The number of halogens is 1. The van der Waals surface area contributed by atoms with E-state index in [-0.39, 0.29) is 0 Å². The molecule has 2 N–H and O–H groups in total. The number of aromatic nitrogens is 1. The van der Waals surface area contributed by atoms with Gasteiger partial charge in [0, 0.05) is 12.4 Å². The summed E-state index contributed by atoms with van der Waals surface area (Å²) in [4.78, 5) is 15.5. The molecular formula is C13H11BrN2O2. The largest absolute Gasteiger partial charge is 0.423 e. The predicted octanol–water partition coefficient (Wildman–Crippen LogP) is 2.65. The van der Waals surface area contributed by atoms with E-state index >= 15 is 0 Å². The summed E-state index contributed by atoms with van der Waals surface area (Å²) in [5.74, 6) is 0.0136. The molecule has 0 saturated carbocycles. The second kappa shape index (κ2) is 5.75. The Bertz CT molecular complexity index is 544. The summed E-state index contributed by atoms with van der Waals surface area (Å²) in [6.45, 7) is 0. The Morgan fingerprint density at radius 3 is 2.67 bits per heavy atom. The van der Waals surface area contributed by atoms with Crippen LogP contribution in [0.5, 0.6) is 5.75 Å². The molecule has 0 amide bonds. The average Bonchev–Trinajstić information content (AvgIpc) is 2.40. The zero-order valence-corrected chi connectivity index (χ0v) is 11.0. The van der Waals surface area contributed by atoms with Crippen molar-refractivity contribution in [3.63, 3.8) is 0 Å². The summed E-state index contributed by atoms with van der Waals surface area (Å²) in [7, 11) is 0. The number of ether oxygens (including phenoxy) is 1. The first-order valence-electron chi connectivity index (χ1n) is 5.29. The number of nitrogens with two attached hydrogens (primary N) is 1. The van der Waals surface area contributed by atoms with Crippen LogP contribution in [-0.4, -0.2) is 11.0 Å². The van der Waals surface area contributed by atoms with Gasteiger partial charge in [-0.2, -0.15) is 0 Å². The molecule has 0 saturated heterocycles. The maximum Gasteiger partial charge on any atom is 0.345 e. The molecule has 1 heterocycles. The highest BCUT2D eigenvalue weighted by Crippen LogP contribution is 2.21. The highest BCUT2D eigenvalue weighted by Gasteiger charge is 2.16. The number of pyridine rings is 1. The van der Waals surface area contributed by atoms with Crippen molar-refractivity contribution in [2.24, 2.45) is 5.73 Å². The lowest BCUT2D eigenvalue weighted by molar-refractivity contribution is 0.0733. The molecule has 2 aromatic rings. The molecular weight excluding hydrogens is 296 g/mol. The molecule has 1 aromatic heterocycles. The number of carbonyl (C=O) groups excluding carboxylic acids is 1. The molecule has 1 atom stereocenters. The maximum atomic E-state index is 12.0. The Balaban J connectivity index is 2.24. The van der Waals surface area contributed by atoms with E-state index in [1.807, 2.05) is 6.07 Å². The van der Waals surface area contributed by atoms with Crippen molar-refractivity contribution in [1.82, 2.24) is 4.98 Å². The summed E-state index contributed by atoms with van der Waals surface area (Å²) in [6, 6.07) is 10.5. The molecule has 0 bridgehead atoms. The molecule has 0 aliphatic heterocycles. The van der Waals surface area contributed by atoms with Crippen molar-refractivity contribution in [2.45, 2.75) is 4.95 Å². The number of hydrogen-bond acceptors (Lipinski definition) is 4. The molecule has 1 unspecified atom stereocenters. The number of carbonyl (C=O) groups is 1. The first kappa shape index (κ1) is 12.7. The van der Waals surface area contributed by atoms with Gasteiger partial charge < -0.3 is 10.5 Å². The van der Waals surface area contributed by atoms with Crippen LogP contribution >= 0.6 is 15.9 Å². The topological polar surface area (TPSA) is 65.2 Å². The molecule has 92 valence electrons. The lowest BCUT2D eigenvalue weighted by Crippen LogP contribution is -2.15.